The van der Waals surface area contributed by atoms with Crippen molar-refractivity contribution in [3.8, 4) is 78.4 Å². The molecule has 66 heavy (non-hydrogen) atoms. The molecule has 0 bridgehead atoms. The highest BCUT2D eigenvalue weighted by Crippen LogP contribution is 2.55. The second-order valence-electron chi connectivity index (χ2n) is 19.2. The van der Waals surface area contributed by atoms with Gasteiger partial charge in [-0.3, -0.25) is 0 Å². The Morgan fingerprint density at radius 1 is 0.303 bits per heavy atom. The van der Waals surface area contributed by atoms with Crippen molar-refractivity contribution in [3.05, 3.63) is 229 Å². The second-order valence-corrected chi connectivity index (χ2v) is 19.2. The Morgan fingerprint density at radius 3 is 1.45 bits per heavy atom. The second kappa shape index (κ2) is 14.3. The zero-order valence-electron chi connectivity index (χ0n) is 37.5. The Morgan fingerprint density at radius 2 is 0.773 bits per heavy atom. The van der Waals surface area contributed by atoms with Crippen LogP contribution in [0.15, 0.2) is 206 Å². The van der Waals surface area contributed by atoms with E-state index < -0.39 is 0 Å². The summed E-state index contributed by atoms with van der Waals surface area (Å²) in [5.41, 5.74) is 20.4. The predicted molar refractivity (Wildman–Crippen MR) is 277 cm³/mol. The molecule has 2 heteroatoms. The minimum absolute atomic E-state index is 0.117. The largest absolute Gasteiger partial charge is 0.228 e. The molecule has 0 aliphatic heterocycles. The summed E-state index contributed by atoms with van der Waals surface area (Å²) in [4.78, 5) is 10.7. The van der Waals surface area contributed by atoms with Gasteiger partial charge >= 0.3 is 0 Å². The Bertz CT molecular complexity index is 3820. The smallest absolute Gasteiger partial charge is 0.160 e. The van der Waals surface area contributed by atoms with Gasteiger partial charge < -0.3 is 0 Å². The average Bonchev–Trinajstić information content (AvgIpc) is 3.74. The monoisotopic (exact) mass is 842 g/mol. The number of hydrogen-bond donors (Lipinski definition) is 0. The molecule has 0 fully saturated rings. The highest BCUT2D eigenvalue weighted by molar-refractivity contribution is 6.13. The van der Waals surface area contributed by atoms with Crippen LogP contribution in [-0.2, 0) is 10.8 Å². The van der Waals surface area contributed by atoms with E-state index in [9.17, 15) is 0 Å². The molecule has 2 aliphatic carbocycles. The van der Waals surface area contributed by atoms with Crippen molar-refractivity contribution < 1.29 is 0 Å². The fraction of sp³-hybridized carbons (Fsp3) is 0.0938. The number of nitrogens with zero attached hydrogens (tertiary/aromatic N) is 2. The zero-order valence-corrected chi connectivity index (χ0v) is 37.5. The first-order valence-electron chi connectivity index (χ1n) is 23.2. The van der Waals surface area contributed by atoms with E-state index in [0.29, 0.717) is 5.82 Å². The maximum atomic E-state index is 5.37. The number of benzene rings is 10. The number of aromatic nitrogens is 2. The van der Waals surface area contributed by atoms with Crippen LogP contribution in [-0.4, -0.2) is 9.97 Å². The molecular weight excluding hydrogens is 797 g/mol. The summed E-state index contributed by atoms with van der Waals surface area (Å²) in [6.07, 6.45) is 0. The Labute approximate surface area is 385 Å². The molecule has 13 rings (SSSR count). The van der Waals surface area contributed by atoms with E-state index in [1.165, 1.54) is 93.7 Å². The topological polar surface area (TPSA) is 25.8 Å². The first kappa shape index (κ1) is 38.5. The molecule has 312 valence electrons. The SMILES string of the molecule is CC1(C)c2ccccc2-c2c(-c3cc(-c4ccc(-c5ccc(-c6cccc7c6C(C)(C)c6cc8ccccc8cc6-7)c6ccccc56)c5ccccc45)nc(-c4ccccc4)n3)cccc21. The van der Waals surface area contributed by atoms with Gasteiger partial charge in [-0.1, -0.05) is 216 Å². The summed E-state index contributed by atoms with van der Waals surface area (Å²) in [6.45, 7) is 9.47. The Balaban J connectivity index is 0.976. The molecular formula is C64H46N2. The molecule has 0 N–H and O–H groups in total. The minimum atomic E-state index is -0.167. The van der Waals surface area contributed by atoms with Crippen molar-refractivity contribution in [2.24, 2.45) is 0 Å². The van der Waals surface area contributed by atoms with Crippen LogP contribution in [0.5, 0.6) is 0 Å². The van der Waals surface area contributed by atoms with Gasteiger partial charge in [0.1, 0.15) is 0 Å². The molecule has 0 radical (unpaired) electrons. The van der Waals surface area contributed by atoms with Gasteiger partial charge in [-0.25, -0.2) is 9.97 Å². The van der Waals surface area contributed by atoms with Crippen LogP contribution in [0.25, 0.3) is 111 Å². The number of rotatable bonds is 5. The molecule has 0 saturated heterocycles. The van der Waals surface area contributed by atoms with E-state index in [-0.39, 0.29) is 10.8 Å². The lowest BCUT2D eigenvalue weighted by molar-refractivity contribution is 0.660. The summed E-state index contributed by atoms with van der Waals surface area (Å²) in [5, 5.41) is 7.41. The summed E-state index contributed by atoms with van der Waals surface area (Å²) >= 11 is 0. The first-order chi connectivity index (χ1) is 32.3. The van der Waals surface area contributed by atoms with Crippen LogP contribution in [0.4, 0.5) is 0 Å². The van der Waals surface area contributed by atoms with Crippen molar-refractivity contribution in [2.75, 3.05) is 0 Å². The van der Waals surface area contributed by atoms with E-state index in [4.69, 9.17) is 9.97 Å². The van der Waals surface area contributed by atoms with Crippen LogP contribution in [0, 0.1) is 0 Å². The lowest BCUT2D eigenvalue weighted by atomic mass is 9.77. The third-order valence-electron chi connectivity index (χ3n) is 14.9. The molecule has 11 aromatic rings. The van der Waals surface area contributed by atoms with Gasteiger partial charge in [0.05, 0.1) is 11.4 Å². The molecule has 1 aromatic heterocycles. The molecule has 0 unspecified atom stereocenters. The molecule has 0 atom stereocenters. The molecule has 0 saturated carbocycles. The van der Waals surface area contributed by atoms with Gasteiger partial charge in [-0.05, 0) is 117 Å². The van der Waals surface area contributed by atoms with E-state index in [1.807, 2.05) is 6.07 Å². The van der Waals surface area contributed by atoms with Gasteiger partial charge in [-0.15, -0.1) is 0 Å². The lowest BCUT2D eigenvalue weighted by Crippen LogP contribution is -2.16. The third kappa shape index (κ3) is 5.61. The van der Waals surface area contributed by atoms with Gasteiger partial charge in [0.2, 0.25) is 0 Å². The van der Waals surface area contributed by atoms with Crippen molar-refractivity contribution >= 4 is 32.3 Å². The normalized spacial score (nSPS) is 14.0. The maximum Gasteiger partial charge on any atom is 0.160 e. The van der Waals surface area contributed by atoms with Crippen LogP contribution < -0.4 is 0 Å². The van der Waals surface area contributed by atoms with Gasteiger partial charge in [0.15, 0.2) is 5.82 Å². The standard InChI is InChI=1S/C64H46N2/c1-63(2)55-30-15-14-26-52(55)60-53(29-17-31-56(60)63)59-38-58(65-62(66-59)39-18-6-5-7-19-39)49-35-34-47(44-24-12-13-25-45(44)49)46-32-33-48(43-23-11-10-22-42(43)46)50-27-16-28-51-54-36-40-20-8-9-21-41(40)37-57(54)64(3,4)61(50)51/h5-38H,1-4H3. The summed E-state index contributed by atoms with van der Waals surface area (Å²) in [7, 11) is 0. The van der Waals surface area contributed by atoms with Crippen molar-refractivity contribution in [2.45, 2.75) is 38.5 Å². The van der Waals surface area contributed by atoms with Gasteiger partial charge in [-0.2, -0.15) is 0 Å². The fourth-order valence-corrected chi connectivity index (χ4v) is 11.7. The average molecular weight is 843 g/mol. The van der Waals surface area contributed by atoms with Crippen LogP contribution >= 0.6 is 0 Å². The lowest BCUT2D eigenvalue weighted by Gasteiger charge is -2.25. The van der Waals surface area contributed by atoms with E-state index in [1.54, 1.807) is 0 Å². The fourth-order valence-electron chi connectivity index (χ4n) is 11.7. The number of fused-ring (bicyclic) bond motifs is 9. The molecule has 1 heterocycles. The van der Waals surface area contributed by atoms with Crippen LogP contribution in [0.1, 0.15) is 49.9 Å². The maximum absolute atomic E-state index is 5.37. The van der Waals surface area contributed by atoms with E-state index >= 15 is 0 Å². The first-order valence-corrected chi connectivity index (χ1v) is 23.2. The minimum Gasteiger partial charge on any atom is -0.228 e. The Kier molecular flexibility index (Phi) is 8.33. The van der Waals surface area contributed by atoms with Crippen LogP contribution in [0.2, 0.25) is 0 Å². The summed E-state index contributed by atoms with van der Waals surface area (Å²) in [5.74, 6) is 0.716. The van der Waals surface area contributed by atoms with Crippen molar-refractivity contribution in [3.63, 3.8) is 0 Å². The molecule has 0 spiro atoms. The highest BCUT2D eigenvalue weighted by Gasteiger charge is 2.39. The third-order valence-corrected chi connectivity index (χ3v) is 14.9. The quantitative estimate of drug-likeness (QED) is 0.172. The van der Waals surface area contributed by atoms with Gasteiger partial charge in [0, 0.05) is 27.5 Å². The number of hydrogen-bond acceptors (Lipinski definition) is 2. The predicted octanol–water partition coefficient (Wildman–Crippen LogP) is 16.9. The Hall–Kier alpha value is -7.94. The molecule has 2 nitrogen and oxygen atoms in total. The van der Waals surface area contributed by atoms with Crippen LogP contribution in [0.3, 0.4) is 0 Å². The summed E-state index contributed by atoms with van der Waals surface area (Å²) in [6, 6.07) is 75.8. The highest BCUT2D eigenvalue weighted by atomic mass is 14.9. The van der Waals surface area contributed by atoms with E-state index in [2.05, 4.69) is 228 Å². The van der Waals surface area contributed by atoms with E-state index in [0.717, 1.165) is 33.5 Å². The van der Waals surface area contributed by atoms with Gasteiger partial charge in [0.25, 0.3) is 0 Å². The molecule has 0 amide bonds. The van der Waals surface area contributed by atoms with Crippen molar-refractivity contribution in [1.29, 1.82) is 0 Å². The van der Waals surface area contributed by atoms with Crippen molar-refractivity contribution in [1.82, 2.24) is 9.97 Å². The molecule has 2 aliphatic rings. The molecule has 10 aromatic carbocycles. The zero-order chi connectivity index (χ0) is 44.3. The summed E-state index contributed by atoms with van der Waals surface area (Å²) < 4.78 is 0.